The number of aromatic hydroxyl groups is 1. The van der Waals surface area contributed by atoms with E-state index in [2.05, 4.69) is 4.72 Å². The molecule has 2 aromatic rings. The van der Waals surface area contributed by atoms with Crippen molar-refractivity contribution in [2.45, 2.75) is 11.8 Å². The summed E-state index contributed by atoms with van der Waals surface area (Å²) in [4.78, 5) is 0.0144. The van der Waals surface area contributed by atoms with Crippen molar-refractivity contribution >= 4 is 38.9 Å². The van der Waals surface area contributed by atoms with Crippen LogP contribution >= 0.6 is 23.2 Å². The number of anilines is 1. The molecule has 2 aromatic carbocycles. The smallest absolute Gasteiger partial charge is 0.262 e. The highest BCUT2D eigenvalue weighted by molar-refractivity contribution is 7.92. The molecule has 118 valence electrons. The molecule has 0 amide bonds. The van der Waals surface area contributed by atoms with Crippen LogP contribution in [-0.2, 0) is 10.0 Å². The topological polar surface area (TPSA) is 75.6 Å². The largest absolute Gasteiger partial charge is 0.504 e. The number of hydrogen-bond donors (Lipinski definition) is 2. The van der Waals surface area contributed by atoms with Gasteiger partial charge in [-0.1, -0.05) is 23.2 Å². The second-order valence-electron chi connectivity index (χ2n) is 4.47. The molecule has 2 N–H and O–H groups in total. The highest BCUT2D eigenvalue weighted by atomic mass is 35.5. The van der Waals surface area contributed by atoms with Crippen molar-refractivity contribution in [2.75, 3.05) is 11.8 Å². The van der Waals surface area contributed by atoms with Crippen LogP contribution in [0, 0.1) is 6.92 Å². The van der Waals surface area contributed by atoms with Crippen LogP contribution in [0.1, 0.15) is 5.56 Å². The Kier molecular flexibility index (Phi) is 4.75. The molecule has 0 aromatic heterocycles. The maximum absolute atomic E-state index is 12.3. The third kappa shape index (κ3) is 3.24. The number of ether oxygens (including phenoxy) is 1. The highest BCUT2D eigenvalue weighted by Crippen LogP contribution is 2.39. The van der Waals surface area contributed by atoms with Gasteiger partial charge in [0.15, 0.2) is 5.75 Å². The summed E-state index contributed by atoms with van der Waals surface area (Å²) in [7, 11) is -2.41. The summed E-state index contributed by atoms with van der Waals surface area (Å²) in [6.07, 6.45) is 0. The molecule has 0 saturated carbocycles. The van der Waals surface area contributed by atoms with Gasteiger partial charge in [0.1, 0.15) is 5.75 Å². The Morgan fingerprint density at radius 1 is 1.18 bits per heavy atom. The fraction of sp³-hybridized carbons (Fsp3) is 0.143. The number of hydrogen-bond acceptors (Lipinski definition) is 4. The summed E-state index contributed by atoms with van der Waals surface area (Å²) in [5, 5.41) is 10.2. The molecule has 0 heterocycles. The molecule has 0 bridgehead atoms. The summed E-state index contributed by atoms with van der Waals surface area (Å²) in [5.74, 6) is 0.156. The van der Waals surface area contributed by atoms with Crippen molar-refractivity contribution in [3.63, 3.8) is 0 Å². The molecular formula is C14H13Cl2NO4S. The van der Waals surface area contributed by atoms with Crippen LogP contribution in [0.15, 0.2) is 35.2 Å². The summed E-state index contributed by atoms with van der Waals surface area (Å²) in [6, 6.07) is 7.11. The number of phenolic OH excluding ortho intramolecular Hbond substituents is 1. The molecule has 0 fully saturated rings. The minimum atomic E-state index is -3.89. The van der Waals surface area contributed by atoms with E-state index in [1.807, 2.05) is 0 Å². The monoisotopic (exact) mass is 361 g/mol. The van der Waals surface area contributed by atoms with Crippen molar-refractivity contribution in [2.24, 2.45) is 0 Å². The van der Waals surface area contributed by atoms with Crippen LogP contribution in [0.25, 0.3) is 0 Å². The molecule has 0 aliphatic heterocycles. The zero-order valence-corrected chi connectivity index (χ0v) is 14.1. The molecule has 0 aliphatic carbocycles. The van der Waals surface area contributed by atoms with Gasteiger partial charge in [-0.15, -0.1) is 0 Å². The van der Waals surface area contributed by atoms with Gasteiger partial charge in [-0.25, -0.2) is 8.42 Å². The SMILES string of the molecule is COc1ccc(S(=O)(=O)Nc2cc(Cl)c(C)c(Cl)c2O)cc1. The summed E-state index contributed by atoms with van der Waals surface area (Å²) >= 11 is 11.9. The van der Waals surface area contributed by atoms with Gasteiger partial charge in [0, 0.05) is 5.02 Å². The average Bonchev–Trinajstić information content (AvgIpc) is 2.50. The number of nitrogens with one attached hydrogen (secondary N) is 1. The van der Waals surface area contributed by atoms with Crippen molar-refractivity contribution in [1.82, 2.24) is 0 Å². The van der Waals surface area contributed by atoms with E-state index in [0.717, 1.165) is 0 Å². The Balaban J connectivity index is 2.40. The van der Waals surface area contributed by atoms with Crippen LogP contribution < -0.4 is 9.46 Å². The van der Waals surface area contributed by atoms with E-state index < -0.39 is 10.0 Å². The first-order valence-corrected chi connectivity index (χ1v) is 8.34. The molecular weight excluding hydrogens is 349 g/mol. The number of methoxy groups -OCH3 is 1. The first-order chi connectivity index (χ1) is 10.3. The standard InChI is InChI=1S/C14H13Cl2NO4S/c1-8-11(15)7-12(14(18)13(8)16)17-22(19,20)10-5-3-9(21-2)4-6-10/h3-7,17-18H,1-2H3. The highest BCUT2D eigenvalue weighted by Gasteiger charge is 2.19. The Hall–Kier alpha value is -1.63. The van der Waals surface area contributed by atoms with Gasteiger partial charge >= 0.3 is 0 Å². The molecule has 5 nitrogen and oxygen atoms in total. The minimum Gasteiger partial charge on any atom is -0.504 e. The van der Waals surface area contributed by atoms with Crippen molar-refractivity contribution in [1.29, 1.82) is 0 Å². The van der Waals surface area contributed by atoms with Gasteiger partial charge in [0.25, 0.3) is 10.0 Å². The van der Waals surface area contributed by atoms with Crippen LogP contribution in [0.3, 0.4) is 0 Å². The second-order valence-corrected chi connectivity index (χ2v) is 6.94. The zero-order valence-electron chi connectivity index (χ0n) is 11.7. The Morgan fingerprint density at radius 2 is 1.77 bits per heavy atom. The van der Waals surface area contributed by atoms with Crippen LogP contribution in [-0.4, -0.2) is 20.6 Å². The quantitative estimate of drug-likeness (QED) is 0.811. The Labute approximate surface area is 138 Å². The van der Waals surface area contributed by atoms with E-state index in [0.29, 0.717) is 11.3 Å². The summed E-state index contributed by atoms with van der Waals surface area (Å²) in [5.41, 5.74) is 0.379. The average molecular weight is 362 g/mol. The molecule has 22 heavy (non-hydrogen) atoms. The summed E-state index contributed by atoms with van der Waals surface area (Å²) in [6.45, 7) is 1.62. The van der Waals surface area contributed by atoms with E-state index >= 15 is 0 Å². The predicted octanol–water partition coefficient (Wildman–Crippen LogP) is 3.82. The molecule has 0 atom stereocenters. The van der Waals surface area contributed by atoms with Gasteiger partial charge in [0.05, 0.1) is 22.7 Å². The van der Waals surface area contributed by atoms with Gasteiger partial charge in [-0.05, 0) is 42.8 Å². The van der Waals surface area contributed by atoms with Crippen LogP contribution in [0.5, 0.6) is 11.5 Å². The molecule has 8 heteroatoms. The van der Waals surface area contributed by atoms with Gasteiger partial charge in [-0.2, -0.15) is 0 Å². The second kappa shape index (κ2) is 6.24. The molecule has 0 spiro atoms. The number of halogens is 2. The van der Waals surface area contributed by atoms with Gasteiger partial charge in [0.2, 0.25) is 0 Å². The van der Waals surface area contributed by atoms with E-state index in [-0.39, 0.29) is 26.4 Å². The van der Waals surface area contributed by atoms with Crippen molar-refractivity contribution in [3.05, 3.63) is 45.9 Å². The van der Waals surface area contributed by atoms with Gasteiger partial charge < -0.3 is 9.84 Å². The number of phenols is 1. The lowest BCUT2D eigenvalue weighted by molar-refractivity contribution is 0.414. The molecule has 0 radical (unpaired) electrons. The maximum Gasteiger partial charge on any atom is 0.262 e. The van der Waals surface area contributed by atoms with Gasteiger partial charge in [-0.3, -0.25) is 4.72 Å². The normalized spacial score (nSPS) is 11.3. The molecule has 2 rings (SSSR count). The number of benzene rings is 2. The summed E-state index contributed by atoms with van der Waals surface area (Å²) < 4.78 is 31.9. The Bertz CT molecular complexity index is 805. The first kappa shape index (κ1) is 16.7. The van der Waals surface area contributed by atoms with Crippen LogP contribution in [0.4, 0.5) is 5.69 Å². The van der Waals surface area contributed by atoms with Crippen LogP contribution in [0.2, 0.25) is 10.0 Å². The fourth-order valence-electron chi connectivity index (χ4n) is 1.74. The van der Waals surface area contributed by atoms with Crippen molar-refractivity contribution < 1.29 is 18.3 Å². The fourth-order valence-corrected chi connectivity index (χ4v) is 3.25. The molecule has 0 unspecified atom stereocenters. The predicted molar refractivity (Wildman–Crippen MR) is 86.7 cm³/mol. The number of sulfonamides is 1. The lowest BCUT2D eigenvalue weighted by atomic mass is 10.2. The molecule has 0 aliphatic rings. The third-order valence-electron chi connectivity index (χ3n) is 3.04. The first-order valence-electron chi connectivity index (χ1n) is 6.10. The van der Waals surface area contributed by atoms with E-state index in [1.54, 1.807) is 6.92 Å². The lowest BCUT2D eigenvalue weighted by Gasteiger charge is -2.13. The third-order valence-corrected chi connectivity index (χ3v) is 5.27. The maximum atomic E-state index is 12.3. The molecule has 0 saturated heterocycles. The van der Waals surface area contributed by atoms with Crippen molar-refractivity contribution in [3.8, 4) is 11.5 Å². The van der Waals surface area contributed by atoms with E-state index in [4.69, 9.17) is 27.9 Å². The van der Waals surface area contributed by atoms with E-state index in [9.17, 15) is 13.5 Å². The Morgan fingerprint density at radius 3 is 2.32 bits per heavy atom. The zero-order chi connectivity index (χ0) is 16.5. The lowest BCUT2D eigenvalue weighted by Crippen LogP contribution is -2.13. The number of rotatable bonds is 4. The minimum absolute atomic E-state index is 0.0000640. The van der Waals surface area contributed by atoms with E-state index in [1.165, 1.54) is 37.4 Å².